The number of pyridine rings is 2. The van der Waals surface area contributed by atoms with E-state index in [4.69, 9.17) is 0 Å². The molecule has 2 N–H and O–H groups in total. The quantitative estimate of drug-likeness (QED) is 0.574. The first-order valence-electron chi connectivity index (χ1n) is 8.89. The lowest BCUT2D eigenvalue weighted by atomic mass is 10.1. The van der Waals surface area contributed by atoms with Crippen molar-refractivity contribution in [3.63, 3.8) is 0 Å². The lowest BCUT2D eigenvalue weighted by Gasteiger charge is -2.25. The largest absolute Gasteiger partial charge is 0.336 e. The lowest BCUT2D eigenvalue weighted by Crippen LogP contribution is -2.29. The highest BCUT2D eigenvalue weighted by Gasteiger charge is 2.16. The Morgan fingerprint density at radius 1 is 1.15 bits per heavy atom. The molecular weight excluding hydrogens is 346 g/mol. The molecule has 0 spiro atoms. The van der Waals surface area contributed by atoms with Crippen molar-refractivity contribution in [2.75, 3.05) is 18.4 Å². The third kappa shape index (κ3) is 2.91. The predicted octanol–water partition coefficient (Wildman–Crippen LogP) is 3.69. The standard InChI is InChI=1S/C18H19N7S/c1-2-7-25(8-3-1)11-14-16-15(26-24-14)9-12(10-20-16)21-18-17-13(22-23-18)5-4-6-19-17/h4-6,9-10H,1-3,7-8,11H2,(H2,21,22,23). The average Bonchev–Trinajstić information content (AvgIpc) is 3.27. The normalized spacial score (nSPS) is 15.7. The maximum absolute atomic E-state index is 4.67. The molecule has 1 aliphatic rings. The summed E-state index contributed by atoms with van der Waals surface area (Å²) >= 11 is 1.51. The smallest absolute Gasteiger partial charge is 0.178 e. The molecule has 26 heavy (non-hydrogen) atoms. The molecule has 0 atom stereocenters. The fourth-order valence-electron chi connectivity index (χ4n) is 3.46. The van der Waals surface area contributed by atoms with Gasteiger partial charge in [-0.1, -0.05) is 6.42 Å². The van der Waals surface area contributed by atoms with E-state index in [0.717, 1.165) is 52.3 Å². The zero-order chi connectivity index (χ0) is 17.3. The predicted molar refractivity (Wildman–Crippen MR) is 104 cm³/mol. The molecule has 4 aromatic heterocycles. The Morgan fingerprint density at radius 3 is 3.00 bits per heavy atom. The summed E-state index contributed by atoms with van der Waals surface area (Å²) < 4.78 is 5.75. The molecule has 1 saturated heterocycles. The van der Waals surface area contributed by atoms with Crippen molar-refractivity contribution in [3.05, 3.63) is 36.3 Å². The van der Waals surface area contributed by atoms with Gasteiger partial charge in [0.1, 0.15) is 11.0 Å². The molecule has 1 fully saturated rings. The zero-order valence-electron chi connectivity index (χ0n) is 14.3. The van der Waals surface area contributed by atoms with E-state index in [2.05, 4.69) is 40.8 Å². The van der Waals surface area contributed by atoms with Gasteiger partial charge in [0, 0.05) is 12.7 Å². The van der Waals surface area contributed by atoms with Gasteiger partial charge in [0.15, 0.2) is 5.82 Å². The molecule has 5 rings (SSSR count). The second kappa shape index (κ2) is 6.62. The first-order chi connectivity index (χ1) is 12.9. The molecule has 0 aromatic carbocycles. The van der Waals surface area contributed by atoms with Crippen molar-refractivity contribution in [3.8, 4) is 0 Å². The van der Waals surface area contributed by atoms with Gasteiger partial charge >= 0.3 is 0 Å². The highest BCUT2D eigenvalue weighted by molar-refractivity contribution is 7.13. The molecule has 0 aliphatic carbocycles. The first-order valence-corrected chi connectivity index (χ1v) is 9.67. The van der Waals surface area contributed by atoms with Crippen LogP contribution < -0.4 is 5.32 Å². The number of hydrogen-bond acceptors (Lipinski definition) is 7. The minimum atomic E-state index is 0.708. The third-order valence-corrected chi connectivity index (χ3v) is 5.60. The molecule has 132 valence electrons. The van der Waals surface area contributed by atoms with Crippen LogP contribution in [-0.4, -0.2) is 42.5 Å². The molecule has 4 aromatic rings. The summed E-state index contributed by atoms with van der Waals surface area (Å²) in [5.41, 5.74) is 4.72. The number of anilines is 2. The number of nitrogens with zero attached hydrogens (tertiary/aromatic N) is 5. The summed E-state index contributed by atoms with van der Waals surface area (Å²) in [6.45, 7) is 3.23. The van der Waals surface area contributed by atoms with E-state index in [1.807, 2.05) is 18.3 Å². The number of rotatable bonds is 4. The van der Waals surface area contributed by atoms with E-state index in [-0.39, 0.29) is 0 Å². The van der Waals surface area contributed by atoms with Crippen LogP contribution in [-0.2, 0) is 6.54 Å². The van der Waals surface area contributed by atoms with Gasteiger partial charge in [-0.2, -0.15) is 9.47 Å². The van der Waals surface area contributed by atoms with Crippen LogP contribution in [0.2, 0.25) is 0 Å². The highest BCUT2D eigenvalue weighted by Crippen LogP contribution is 2.28. The van der Waals surface area contributed by atoms with Crippen LogP contribution in [0.3, 0.4) is 0 Å². The summed E-state index contributed by atoms with van der Waals surface area (Å²) in [5.74, 6) is 0.708. The summed E-state index contributed by atoms with van der Waals surface area (Å²) in [7, 11) is 0. The molecule has 0 unspecified atom stereocenters. The average molecular weight is 365 g/mol. The van der Waals surface area contributed by atoms with Crippen molar-refractivity contribution >= 4 is 44.3 Å². The molecule has 5 heterocycles. The molecule has 0 amide bonds. The van der Waals surface area contributed by atoms with Gasteiger partial charge < -0.3 is 5.32 Å². The first kappa shape index (κ1) is 15.7. The molecule has 0 radical (unpaired) electrons. The second-order valence-electron chi connectivity index (χ2n) is 6.63. The van der Waals surface area contributed by atoms with E-state index < -0.39 is 0 Å². The third-order valence-electron chi connectivity index (χ3n) is 4.79. The molecule has 7 nitrogen and oxygen atoms in total. The van der Waals surface area contributed by atoms with Crippen LogP contribution in [0.4, 0.5) is 11.5 Å². The van der Waals surface area contributed by atoms with E-state index >= 15 is 0 Å². The van der Waals surface area contributed by atoms with Crippen LogP contribution in [0, 0.1) is 0 Å². The van der Waals surface area contributed by atoms with Gasteiger partial charge in [-0.05, 0) is 55.7 Å². The van der Waals surface area contributed by atoms with Crippen LogP contribution >= 0.6 is 11.5 Å². The zero-order valence-corrected chi connectivity index (χ0v) is 15.1. The van der Waals surface area contributed by atoms with Crippen molar-refractivity contribution < 1.29 is 0 Å². The van der Waals surface area contributed by atoms with Crippen molar-refractivity contribution in [1.82, 2.24) is 29.4 Å². The Labute approximate surface area is 154 Å². The maximum atomic E-state index is 4.67. The van der Waals surface area contributed by atoms with Crippen LogP contribution in [0.25, 0.3) is 21.3 Å². The number of piperidine rings is 1. The number of aromatic amines is 1. The summed E-state index contributed by atoms with van der Waals surface area (Å²) in [5, 5.41) is 10.6. The minimum absolute atomic E-state index is 0.708. The SMILES string of the molecule is c1cnc2c(Nc3cnc4c(CN5CCCCC5)nsc4c3)n[nH]c2c1. The minimum Gasteiger partial charge on any atom is -0.336 e. The van der Waals surface area contributed by atoms with E-state index in [0.29, 0.717) is 5.82 Å². The van der Waals surface area contributed by atoms with Crippen molar-refractivity contribution in [2.24, 2.45) is 0 Å². The molecule has 0 saturated carbocycles. The van der Waals surface area contributed by atoms with E-state index in [9.17, 15) is 0 Å². The fraction of sp³-hybridized carbons (Fsp3) is 0.333. The summed E-state index contributed by atoms with van der Waals surface area (Å²) in [4.78, 5) is 11.5. The number of nitrogens with one attached hydrogen (secondary N) is 2. The van der Waals surface area contributed by atoms with Gasteiger partial charge in [0.2, 0.25) is 0 Å². The number of likely N-dealkylation sites (tertiary alicyclic amines) is 1. The van der Waals surface area contributed by atoms with Gasteiger partial charge in [0.25, 0.3) is 0 Å². The Bertz CT molecular complexity index is 1050. The topological polar surface area (TPSA) is 82.6 Å². The number of aromatic nitrogens is 5. The van der Waals surface area contributed by atoms with E-state index in [1.165, 1.54) is 30.8 Å². The van der Waals surface area contributed by atoms with Crippen LogP contribution in [0.1, 0.15) is 25.0 Å². The Morgan fingerprint density at radius 2 is 2.08 bits per heavy atom. The van der Waals surface area contributed by atoms with Gasteiger partial charge in [0.05, 0.1) is 27.8 Å². The molecule has 0 bridgehead atoms. The number of hydrogen-bond donors (Lipinski definition) is 2. The Kier molecular flexibility index (Phi) is 3.99. The summed E-state index contributed by atoms with van der Waals surface area (Å²) in [6.07, 6.45) is 7.53. The van der Waals surface area contributed by atoms with Gasteiger partial charge in [-0.3, -0.25) is 20.0 Å². The van der Waals surface area contributed by atoms with Crippen LogP contribution in [0.5, 0.6) is 0 Å². The highest BCUT2D eigenvalue weighted by atomic mass is 32.1. The van der Waals surface area contributed by atoms with Gasteiger partial charge in [-0.15, -0.1) is 0 Å². The monoisotopic (exact) mass is 365 g/mol. The molecule has 8 heteroatoms. The Hall–Kier alpha value is -2.58. The lowest BCUT2D eigenvalue weighted by molar-refractivity contribution is 0.220. The van der Waals surface area contributed by atoms with Crippen LogP contribution in [0.15, 0.2) is 30.6 Å². The van der Waals surface area contributed by atoms with Crippen molar-refractivity contribution in [2.45, 2.75) is 25.8 Å². The Balaban J connectivity index is 1.40. The number of fused-ring (bicyclic) bond motifs is 2. The maximum Gasteiger partial charge on any atom is 0.178 e. The van der Waals surface area contributed by atoms with Gasteiger partial charge in [-0.25, -0.2) is 0 Å². The second-order valence-corrected chi connectivity index (χ2v) is 7.44. The molecular formula is C18H19N7S. The summed E-state index contributed by atoms with van der Waals surface area (Å²) in [6, 6.07) is 5.93. The number of H-pyrrole nitrogens is 1. The van der Waals surface area contributed by atoms with Crippen molar-refractivity contribution in [1.29, 1.82) is 0 Å². The fourth-order valence-corrected chi connectivity index (χ4v) is 4.25. The van der Waals surface area contributed by atoms with E-state index in [1.54, 1.807) is 6.20 Å². The molecule has 1 aliphatic heterocycles.